The molecule has 7 heteroatoms. The van der Waals surface area contributed by atoms with Gasteiger partial charge in [0.1, 0.15) is 17.3 Å². The van der Waals surface area contributed by atoms with E-state index in [1.807, 2.05) is 0 Å². The molecule has 21 heavy (non-hydrogen) atoms. The van der Waals surface area contributed by atoms with E-state index in [0.29, 0.717) is 16.3 Å². The van der Waals surface area contributed by atoms with Crippen LogP contribution < -0.4 is 5.32 Å². The molecule has 2 aromatic rings. The first-order valence-corrected chi connectivity index (χ1v) is 7.02. The van der Waals surface area contributed by atoms with Gasteiger partial charge in [-0.25, -0.2) is 8.78 Å². The fourth-order valence-corrected chi connectivity index (χ4v) is 2.65. The van der Waals surface area contributed by atoms with Crippen LogP contribution in [0.4, 0.5) is 20.2 Å². The topological polar surface area (TPSA) is 55.2 Å². The van der Waals surface area contributed by atoms with Gasteiger partial charge in [-0.15, -0.1) is 11.8 Å². The molecule has 0 aliphatic carbocycles. The third kappa shape index (κ3) is 3.69. The third-order valence-electron chi connectivity index (χ3n) is 2.82. The van der Waals surface area contributed by atoms with Gasteiger partial charge in [0.2, 0.25) is 0 Å². The van der Waals surface area contributed by atoms with Crippen molar-refractivity contribution in [3.8, 4) is 0 Å². The Labute approximate surface area is 124 Å². The van der Waals surface area contributed by atoms with Crippen LogP contribution >= 0.6 is 11.8 Å². The Morgan fingerprint density at radius 3 is 2.62 bits per heavy atom. The SMILES string of the molecule is CNc1cc(CSc2ccc(F)cc2F)ccc1[N+](=O)[O-]. The molecule has 1 N–H and O–H groups in total. The second kappa shape index (κ2) is 6.53. The van der Waals surface area contributed by atoms with Crippen molar-refractivity contribution in [2.75, 3.05) is 12.4 Å². The molecule has 0 saturated carbocycles. The Balaban J connectivity index is 2.15. The van der Waals surface area contributed by atoms with Crippen LogP contribution in [0.2, 0.25) is 0 Å². The van der Waals surface area contributed by atoms with Crippen molar-refractivity contribution in [3.05, 3.63) is 63.7 Å². The van der Waals surface area contributed by atoms with Crippen molar-refractivity contribution in [1.82, 2.24) is 0 Å². The number of hydrogen-bond acceptors (Lipinski definition) is 4. The maximum Gasteiger partial charge on any atom is 0.292 e. The zero-order valence-electron chi connectivity index (χ0n) is 11.1. The highest BCUT2D eigenvalue weighted by molar-refractivity contribution is 7.98. The van der Waals surface area contributed by atoms with Crippen molar-refractivity contribution in [3.63, 3.8) is 0 Å². The lowest BCUT2D eigenvalue weighted by molar-refractivity contribution is -0.383. The monoisotopic (exact) mass is 310 g/mol. The van der Waals surface area contributed by atoms with Crippen molar-refractivity contribution in [1.29, 1.82) is 0 Å². The summed E-state index contributed by atoms with van der Waals surface area (Å²) in [7, 11) is 1.60. The van der Waals surface area contributed by atoms with Crippen molar-refractivity contribution < 1.29 is 13.7 Å². The number of benzene rings is 2. The van der Waals surface area contributed by atoms with Gasteiger partial charge in [-0.05, 0) is 23.8 Å². The lowest BCUT2D eigenvalue weighted by Crippen LogP contribution is -1.97. The highest BCUT2D eigenvalue weighted by Gasteiger charge is 2.13. The molecule has 110 valence electrons. The number of thioether (sulfide) groups is 1. The number of anilines is 1. The number of rotatable bonds is 5. The molecule has 0 atom stereocenters. The van der Waals surface area contributed by atoms with Crippen molar-refractivity contribution in [2.45, 2.75) is 10.6 Å². The summed E-state index contributed by atoms with van der Waals surface area (Å²) in [4.78, 5) is 10.7. The van der Waals surface area contributed by atoms with Crippen LogP contribution in [0.1, 0.15) is 5.56 Å². The number of nitro groups is 1. The molecule has 0 fully saturated rings. The van der Waals surface area contributed by atoms with Crippen molar-refractivity contribution in [2.24, 2.45) is 0 Å². The van der Waals surface area contributed by atoms with Gasteiger partial charge >= 0.3 is 0 Å². The summed E-state index contributed by atoms with van der Waals surface area (Å²) in [6.45, 7) is 0. The molecule has 0 aliphatic rings. The highest BCUT2D eigenvalue weighted by atomic mass is 32.2. The predicted molar refractivity (Wildman–Crippen MR) is 78.6 cm³/mol. The second-order valence-electron chi connectivity index (χ2n) is 4.22. The van der Waals surface area contributed by atoms with E-state index in [1.54, 1.807) is 19.2 Å². The lowest BCUT2D eigenvalue weighted by atomic mass is 10.2. The van der Waals surface area contributed by atoms with E-state index < -0.39 is 16.6 Å². The molecule has 0 heterocycles. The fraction of sp³-hybridized carbons (Fsp3) is 0.143. The van der Waals surface area contributed by atoms with Gasteiger partial charge < -0.3 is 5.32 Å². The normalized spacial score (nSPS) is 10.4. The first-order chi connectivity index (χ1) is 10.0. The van der Waals surface area contributed by atoms with E-state index in [-0.39, 0.29) is 5.69 Å². The zero-order valence-corrected chi connectivity index (χ0v) is 11.9. The summed E-state index contributed by atoms with van der Waals surface area (Å²) in [5.41, 5.74) is 1.19. The summed E-state index contributed by atoms with van der Waals surface area (Å²) in [5.74, 6) is -0.810. The molecular formula is C14H12F2N2O2S. The molecule has 0 aliphatic heterocycles. The van der Waals surface area contributed by atoms with Gasteiger partial charge in [0.25, 0.3) is 5.69 Å². The Bertz CT molecular complexity index is 680. The van der Waals surface area contributed by atoms with E-state index in [0.717, 1.165) is 11.6 Å². The molecule has 0 aromatic heterocycles. The lowest BCUT2D eigenvalue weighted by Gasteiger charge is -2.07. The molecule has 4 nitrogen and oxygen atoms in total. The maximum absolute atomic E-state index is 13.5. The van der Waals surface area contributed by atoms with Crippen LogP contribution in [-0.4, -0.2) is 12.0 Å². The van der Waals surface area contributed by atoms with E-state index in [9.17, 15) is 18.9 Å². The summed E-state index contributed by atoms with van der Waals surface area (Å²) in [5, 5.41) is 13.6. The van der Waals surface area contributed by atoms with Gasteiger partial charge in [-0.1, -0.05) is 6.07 Å². The van der Waals surface area contributed by atoms with Crippen LogP contribution in [0.3, 0.4) is 0 Å². The number of halogens is 2. The van der Waals surface area contributed by atoms with Gasteiger partial charge in [0.15, 0.2) is 0 Å². The van der Waals surface area contributed by atoms with E-state index in [2.05, 4.69) is 5.32 Å². The molecule has 0 unspecified atom stereocenters. The van der Waals surface area contributed by atoms with Gasteiger partial charge in [-0.2, -0.15) is 0 Å². The van der Waals surface area contributed by atoms with Crippen LogP contribution in [-0.2, 0) is 5.75 Å². The van der Waals surface area contributed by atoms with Crippen LogP contribution in [0, 0.1) is 21.7 Å². The van der Waals surface area contributed by atoms with Crippen LogP contribution in [0.15, 0.2) is 41.3 Å². The first kappa shape index (κ1) is 15.2. The summed E-state index contributed by atoms with van der Waals surface area (Å²) in [6.07, 6.45) is 0. The molecule has 2 aromatic carbocycles. The predicted octanol–water partition coefficient (Wildman–Crippen LogP) is 4.21. The van der Waals surface area contributed by atoms with Gasteiger partial charge in [0.05, 0.1) is 4.92 Å². The first-order valence-electron chi connectivity index (χ1n) is 6.04. The molecule has 0 radical (unpaired) electrons. The Morgan fingerprint density at radius 2 is 2.00 bits per heavy atom. The smallest absolute Gasteiger partial charge is 0.292 e. The minimum Gasteiger partial charge on any atom is -0.383 e. The Hall–Kier alpha value is -2.15. The van der Waals surface area contributed by atoms with Gasteiger partial charge in [-0.3, -0.25) is 10.1 Å². The molecule has 2 rings (SSSR count). The number of nitrogens with zero attached hydrogens (tertiary/aromatic N) is 1. The number of hydrogen-bond donors (Lipinski definition) is 1. The second-order valence-corrected chi connectivity index (χ2v) is 5.24. The quantitative estimate of drug-likeness (QED) is 0.511. The fourth-order valence-electron chi connectivity index (χ4n) is 1.79. The summed E-state index contributed by atoms with van der Waals surface area (Å²) < 4.78 is 26.3. The van der Waals surface area contributed by atoms with Gasteiger partial charge in [0, 0.05) is 29.8 Å². The molecule has 0 bridgehead atoms. The average Bonchev–Trinajstić information content (AvgIpc) is 2.45. The zero-order chi connectivity index (χ0) is 15.4. The standard InChI is InChI=1S/C14H12F2N2O2S/c1-17-12-6-9(2-4-13(12)18(19)20)8-21-14-5-3-10(15)7-11(14)16/h2-7,17H,8H2,1H3. The van der Waals surface area contributed by atoms with Crippen molar-refractivity contribution >= 4 is 23.1 Å². The molecular weight excluding hydrogens is 298 g/mol. The van der Waals surface area contributed by atoms with E-state index >= 15 is 0 Å². The molecule has 0 saturated heterocycles. The maximum atomic E-state index is 13.5. The summed E-state index contributed by atoms with van der Waals surface area (Å²) in [6, 6.07) is 8.07. The highest BCUT2D eigenvalue weighted by Crippen LogP contribution is 2.30. The summed E-state index contributed by atoms with van der Waals surface area (Å²) >= 11 is 1.20. The molecule has 0 spiro atoms. The third-order valence-corrected chi connectivity index (χ3v) is 3.94. The minimum atomic E-state index is -0.621. The number of nitrogens with one attached hydrogen (secondary N) is 1. The number of nitro benzene ring substituents is 1. The van der Waals surface area contributed by atoms with Crippen LogP contribution in [0.25, 0.3) is 0 Å². The van der Waals surface area contributed by atoms with E-state index in [4.69, 9.17) is 0 Å². The van der Waals surface area contributed by atoms with E-state index in [1.165, 1.54) is 30.0 Å². The largest absolute Gasteiger partial charge is 0.383 e. The molecule has 0 amide bonds. The van der Waals surface area contributed by atoms with Crippen LogP contribution in [0.5, 0.6) is 0 Å². The Morgan fingerprint density at radius 1 is 1.24 bits per heavy atom. The minimum absolute atomic E-state index is 0.0146. The average molecular weight is 310 g/mol. The Kier molecular flexibility index (Phi) is 4.74.